The maximum absolute atomic E-state index is 13.4. The lowest BCUT2D eigenvalue weighted by atomic mass is 9.94. The molecule has 1 atom stereocenters. The van der Waals surface area contributed by atoms with Gasteiger partial charge in [-0.05, 0) is 24.7 Å². The minimum Gasteiger partial charge on any atom is -0.396 e. The van der Waals surface area contributed by atoms with Crippen LogP contribution >= 0.6 is 0 Å². The van der Waals surface area contributed by atoms with Gasteiger partial charge in [-0.15, -0.1) is 0 Å². The van der Waals surface area contributed by atoms with E-state index in [1.807, 2.05) is 19.2 Å². The molecule has 2 amide bonds. The van der Waals surface area contributed by atoms with Crippen LogP contribution in [0, 0.1) is 29.3 Å². The summed E-state index contributed by atoms with van der Waals surface area (Å²) < 4.78 is 39.6. The van der Waals surface area contributed by atoms with Crippen LogP contribution in [0.3, 0.4) is 0 Å². The molecule has 0 aliphatic carbocycles. The zero-order valence-corrected chi connectivity index (χ0v) is 12.6. The Morgan fingerprint density at radius 1 is 1.23 bits per heavy atom. The molecule has 0 saturated carbocycles. The first-order valence-electron chi connectivity index (χ1n) is 7.13. The van der Waals surface area contributed by atoms with Crippen LogP contribution in [0.2, 0.25) is 0 Å². The lowest BCUT2D eigenvalue weighted by Crippen LogP contribution is -2.34. The Kier molecular flexibility index (Phi) is 7.17. The van der Waals surface area contributed by atoms with Crippen molar-refractivity contribution in [2.45, 2.75) is 26.7 Å². The van der Waals surface area contributed by atoms with Gasteiger partial charge in [0.15, 0.2) is 11.6 Å². The SMILES string of the molecule is CC(C)CC(CCO)CNC(=O)Nc1c(F)cc(F)cc1F. The third kappa shape index (κ3) is 5.93. The van der Waals surface area contributed by atoms with Crippen molar-refractivity contribution in [3.8, 4) is 0 Å². The molecule has 124 valence electrons. The van der Waals surface area contributed by atoms with Crippen molar-refractivity contribution < 1.29 is 23.1 Å². The molecule has 0 aliphatic heterocycles. The fourth-order valence-corrected chi connectivity index (χ4v) is 2.21. The Morgan fingerprint density at radius 3 is 2.32 bits per heavy atom. The first-order chi connectivity index (χ1) is 10.3. The van der Waals surface area contributed by atoms with Crippen molar-refractivity contribution >= 4 is 11.7 Å². The number of hydrogen-bond donors (Lipinski definition) is 3. The molecule has 3 N–H and O–H groups in total. The van der Waals surface area contributed by atoms with E-state index in [-0.39, 0.29) is 19.1 Å². The molecule has 0 aliphatic rings. The Bertz CT molecular complexity index is 487. The van der Waals surface area contributed by atoms with Crippen LogP contribution < -0.4 is 10.6 Å². The topological polar surface area (TPSA) is 61.4 Å². The van der Waals surface area contributed by atoms with Gasteiger partial charge >= 0.3 is 6.03 Å². The lowest BCUT2D eigenvalue weighted by Gasteiger charge is -2.19. The maximum Gasteiger partial charge on any atom is 0.319 e. The van der Waals surface area contributed by atoms with E-state index in [9.17, 15) is 18.0 Å². The average Bonchev–Trinajstić information content (AvgIpc) is 2.40. The molecule has 1 rings (SSSR count). The average molecular weight is 318 g/mol. The lowest BCUT2D eigenvalue weighted by molar-refractivity contribution is 0.231. The molecule has 1 aromatic carbocycles. The number of carbonyl (C=O) groups is 1. The molecule has 1 unspecified atom stereocenters. The van der Waals surface area contributed by atoms with E-state index in [1.54, 1.807) is 0 Å². The van der Waals surface area contributed by atoms with Crippen molar-refractivity contribution in [1.29, 1.82) is 0 Å². The Labute approximate surface area is 127 Å². The minimum absolute atomic E-state index is 0.00189. The molecular formula is C15H21F3N2O2. The summed E-state index contributed by atoms with van der Waals surface area (Å²) in [5, 5.41) is 13.5. The molecule has 0 bridgehead atoms. The number of aliphatic hydroxyl groups is 1. The minimum atomic E-state index is -1.18. The van der Waals surface area contributed by atoms with Gasteiger partial charge in [-0.25, -0.2) is 18.0 Å². The van der Waals surface area contributed by atoms with Crippen LogP contribution in [0.4, 0.5) is 23.7 Å². The van der Waals surface area contributed by atoms with Crippen LogP contribution in [-0.2, 0) is 0 Å². The van der Waals surface area contributed by atoms with Gasteiger partial charge in [0, 0.05) is 25.3 Å². The van der Waals surface area contributed by atoms with E-state index in [4.69, 9.17) is 5.11 Å². The van der Waals surface area contributed by atoms with Gasteiger partial charge in [-0.1, -0.05) is 13.8 Å². The van der Waals surface area contributed by atoms with Gasteiger partial charge in [0.1, 0.15) is 11.5 Å². The van der Waals surface area contributed by atoms with Crippen LogP contribution in [0.5, 0.6) is 0 Å². The smallest absolute Gasteiger partial charge is 0.319 e. The number of urea groups is 1. The number of hydrogen-bond acceptors (Lipinski definition) is 2. The summed E-state index contributed by atoms with van der Waals surface area (Å²) in [7, 11) is 0. The molecule has 0 aromatic heterocycles. The fraction of sp³-hybridized carbons (Fsp3) is 0.533. The number of aliphatic hydroxyl groups excluding tert-OH is 1. The third-order valence-electron chi connectivity index (χ3n) is 3.14. The van der Waals surface area contributed by atoms with Crippen LogP contribution in [0.15, 0.2) is 12.1 Å². The number of carbonyl (C=O) groups excluding carboxylic acids is 1. The number of benzene rings is 1. The van der Waals surface area contributed by atoms with Gasteiger partial charge in [-0.2, -0.15) is 0 Å². The van der Waals surface area contributed by atoms with E-state index >= 15 is 0 Å². The van der Waals surface area contributed by atoms with Gasteiger partial charge in [0.25, 0.3) is 0 Å². The normalized spacial score (nSPS) is 12.3. The van der Waals surface area contributed by atoms with E-state index < -0.39 is 29.2 Å². The summed E-state index contributed by atoms with van der Waals surface area (Å²) in [5.74, 6) is -2.95. The number of rotatable bonds is 7. The third-order valence-corrected chi connectivity index (χ3v) is 3.14. The summed E-state index contributed by atoms with van der Waals surface area (Å²) in [6.07, 6.45) is 1.33. The number of anilines is 1. The number of amides is 2. The molecule has 4 nitrogen and oxygen atoms in total. The second-order valence-electron chi connectivity index (χ2n) is 5.59. The summed E-state index contributed by atoms with van der Waals surface area (Å²) in [4.78, 5) is 11.7. The quantitative estimate of drug-likeness (QED) is 0.722. The van der Waals surface area contributed by atoms with Crippen LogP contribution in [-0.4, -0.2) is 24.3 Å². The molecule has 0 fully saturated rings. The van der Waals surface area contributed by atoms with E-state index in [0.29, 0.717) is 24.5 Å². The van der Waals surface area contributed by atoms with E-state index in [1.165, 1.54) is 0 Å². The highest BCUT2D eigenvalue weighted by molar-refractivity contribution is 5.89. The summed E-state index contributed by atoms with van der Waals surface area (Å²) >= 11 is 0. The monoisotopic (exact) mass is 318 g/mol. The van der Waals surface area contributed by atoms with Crippen molar-refractivity contribution in [2.75, 3.05) is 18.5 Å². The van der Waals surface area contributed by atoms with Gasteiger partial charge in [0.05, 0.1) is 0 Å². The number of nitrogens with one attached hydrogen (secondary N) is 2. The molecular weight excluding hydrogens is 297 g/mol. The van der Waals surface area contributed by atoms with Crippen molar-refractivity contribution in [2.24, 2.45) is 11.8 Å². The molecule has 0 spiro atoms. The molecule has 1 aromatic rings. The standard InChI is InChI=1S/C15H21F3N2O2/c1-9(2)5-10(3-4-21)8-19-15(22)20-14-12(17)6-11(16)7-13(14)18/h6-7,9-10,21H,3-5,8H2,1-2H3,(H2,19,20,22). The van der Waals surface area contributed by atoms with Gasteiger partial charge in [0.2, 0.25) is 0 Å². The van der Waals surface area contributed by atoms with Crippen LogP contribution in [0.1, 0.15) is 26.7 Å². The Hall–Kier alpha value is -1.76. The maximum atomic E-state index is 13.4. The van der Waals surface area contributed by atoms with Gasteiger partial charge < -0.3 is 15.7 Å². The second-order valence-corrected chi connectivity index (χ2v) is 5.59. The van der Waals surface area contributed by atoms with Crippen LogP contribution in [0.25, 0.3) is 0 Å². The van der Waals surface area contributed by atoms with E-state index in [0.717, 1.165) is 6.42 Å². The summed E-state index contributed by atoms with van der Waals surface area (Å²) in [6, 6.07) is 0.203. The zero-order chi connectivity index (χ0) is 16.7. The summed E-state index contributed by atoms with van der Waals surface area (Å²) in [5.41, 5.74) is -0.693. The summed E-state index contributed by atoms with van der Waals surface area (Å²) in [6.45, 7) is 4.32. The molecule has 0 saturated heterocycles. The predicted molar refractivity (Wildman–Crippen MR) is 78.0 cm³/mol. The predicted octanol–water partition coefficient (Wildman–Crippen LogP) is 3.27. The highest BCUT2D eigenvalue weighted by atomic mass is 19.1. The van der Waals surface area contributed by atoms with Crippen molar-refractivity contribution in [3.05, 3.63) is 29.6 Å². The van der Waals surface area contributed by atoms with Crippen molar-refractivity contribution in [3.63, 3.8) is 0 Å². The number of halogens is 3. The first-order valence-corrected chi connectivity index (χ1v) is 7.13. The highest BCUT2D eigenvalue weighted by Crippen LogP contribution is 2.20. The molecule has 7 heteroatoms. The highest BCUT2D eigenvalue weighted by Gasteiger charge is 2.16. The van der Waals surface area contributed by atoms with Crippen molar-refractivity contribution in [1.82, 2.24) is 5.32 Å². The fourth-order valence-electron chi connectivity index (χ4n) is 2.21. The second kappa shape index (κ2) is 8.63. The van der Waals surface area contributed by atoms with Gasteiger partial charge in [-0.3, -0.25) is 0 Å². The molecule has 22 heavy (non-hydrogen) atoms. The zero-order valence-electron chi connectivity index (χ0n) is 12.6. The Morgan fingerprint density at radius 2 is 1.82 bits per heavy atom. The largest absolute Gasteiger partial charge is 0.396 e. The molecule has 0 heterocycles. The first kappa shape index (κ1) is 18.3. The van der Waals surface area contributed by atoms with E-state index in [2.05, 4.69) is 5.32 Å². The Balaban J connectivity index is 2.59. The molecule has 0 radical (unpaired) electrons.